The highest BCUT2D eigenvalue weighted by atomic mass is 35.5. The molecule has 0 radical (unpaired) electrons. The van der Waals surface area contributed by atoms with E-state index in [1.54, 1.807) is 24.3 Å². The van der Waals surface area contributed by atoms with Crippen molar-refractivity contribution >= 4 is 29.3 Å². The summed E-state index contributed by atoms with van der Waals surface area (Å²) in [4.78, 5) is 12.2. The number of halogens is 1. The van der Waals surface area contributed by atoms with Crippen molar-refractivity contribution in [3.8, 4) is 23.1 Å². The van der Waals surface area contributed by atoms with Crippen molar-refractivity contribution in [3.05, 3.63) is 77.0 Å². The number of aromatic hydroxyl groups is 1. The van der Waals surface area contributed by atoms with Crippen LogP contribution in [0.2, 0.25) is 5.02 Å². The third-order valence-corrected chi connectivity index (χ3v) is 3.78. The van der Waals surface area contributed by atoms with E-state index in [0.717, 1.165) is 5.56 Å². The highest BCUT2D eigenvalue weighted by Gasteiger charge is 2.11. The van der Waals surface area contributed by atoms with E-state index in [1.807, 2.05) is 18.2 Å². The van der Waals surface area contributed by atoms with Gasteiger partial charge in [0.2, 0.25) is 0 Å². The quantitative estimate of drug-likeness (QED) is 0.393. The van der Waals surface area contributed by atoms with Crippen molar-refractivity contribution in [1.82, 2.24) is 0 Å². The molecule has 0 aliphatic rings. The van der Waals surface area contributed by atoms with Gasteiger partial charge in [-0.05, 0) is 60.7 Å². The van der Waals surface area contributed by atoms with Crippen LogP contribution in [-0.4, -0.2) is 11.0 Å². The van der Waals surface area contributed by atoms with E-state index in [9.17, 15) is 15.2 Å². The summed E-state index contributed by atoms with van der Waals surface area (Å²) in [7, 11) is 0. The van der Waals surface area contributed by atoms with Crippen molar-refractivity contribution < 1.29 is 14.3 Å². The van der Waals surface area contributed by atoms with Crippen LogP contribution in [0, 0.1) is 11.3 Å². The van der Waals surface area contributed by atoms with E-state index in [4.69, 9.17) is 16.0 Å². The van der Waals surface area contributed by atoms with Crippen LogP contribution < -0.4 is 5.32 Å². The zero-order valence-electron chi connectivity index (χ0n) is 13.4. The molecule has 0 saturated heterocycles. The summed E-state index contributed by atoms with van der Waals surface area (Å²) in [6.45, 7) is 0. The van der Waals surface area contributed by atoms with Gasteiger partial charge in [-0.2, -0.15) is 5.26 Å². The van der Waals surface area contributed by atoms with Gasteiger partial charge in [0.15, 0.2) is 0 Å². The number of rotatable bonds is 4. The Hall–Kier alpha value is -3.49. The first kappa shape index (κ1) is 17.3. The number of nitriles is 1. The summed E-state index contributed by atoms with van der Waals surface area (Å²) in [6, 6.07) is 18.4. The minimum Gasteiger partial charge on any atom is -0.508 e. The molecule has 1 amide bonds. The number of nitrogens with zero attached hydrogens (tertiary/aromatic N) is 1. The molecule has 2 aromatic carbocycles. The van der Waals surface area contributed by atoms with Crippen LogP contribution in [0.3, 0.4) is 0 Å². The Labute approximate surface area is 154 Å². The zero-order valence-corrected chi connectivity index (χ0v) is 14.2. The molecule has 26 heavy (non-hydrogen) atoms. The van der Waals surface area contributed by atoms with E-state index < -0.39 is 5.91 Å². The number of benzene rings is 2. The molecule has 2 N–H and O–H groups in total. The smallest absolute Gasteiger partial charge is 0.266 e. The third-order valence-electron chi connectivity index (χ3n) is 3.53. The fourth-order valence-electron chi connectivity index (χ4n) is 2.23. The summed E-state index contributed by atoms with van der Waals surface area (Å²) >= 11 is 5.87. The van der Waals surface area contributed by atoms with Crippen LogP contribution in [0.5, 0.6) is 5.75 Å². The van der Waals surface area contributed by atoms with Crippen LogP contribution in [0.4, 0.5) is 5.69 Å². The average molecular weight is 365 g/mol. The van der Waals surface area contributed by atoms with Crippen molar-refractivity contribution in [1.29, 1.82) is 5.26 Å². The van der Waals surface area contributed by atoms with E-state index in [1.165, 1.54) is 30.3 Å². The number of amides is 1. The molecule has 3 aromatic rings. The first-order chi connectivity index (χ1) is 12.5. The molecule has 0 bridgehead atoms. The molecule has 0 saturated carbocycles. The summed E-state index contributed by atoms with van der Waals surface area (Å²) in [6.07, 6.45) is 1.37. The lowest BCUT2D eigenvalue weighted by atomic mass is 10.2. The lowest BCUT2D eigenvalue weighted by Gasteiger charge is -2.03. The number of anilines is 1. The molecule has 0 unspecified atom stereocenters. The van der Waals surface area contributed by atoms with Crippen LogP contribution >= 0.6 is 11.6 Å². The number of phenolic OH excluding ortho intramolecular Hbond substituents is 1. The fraction of sp³-hybridized carbons (Fsp3) is 0. The van der Waals surface area contributed by atoms with Gasteiger partial charge in [0.25, 0.3) is 5.91 Å². The van der Waals surface area contributed by atoms with Crippen LogP contribution in [0.15, 0.2) is 70.7 Å². The third kappa shape index (κ3) is 4.12. The largest absolute Gasteiger partial charge is 0.508 e. The molecule has 1 aromatic heterocycles. The molecule has 0 aliphatic carbocycles. The van der Waals surface area contributed by atoms with Crippen LogP contribution in [-0.2, 0) is 4.79 Å². The Morgan fingerprint density at radius 1 is 1.08 bits per heavy atom. The molecule has 5 nitrogen and oxygen atoms in total. The average Bonchev–Trinajstić information content (AvgIpc) is 3.11. The van der Waals surface area contributed by atoms with Gasteiger partial charge in [0.1, 0.15) is 28.9 Å². The predicted molar refractivity (Wildman–Crippen MR) is 99.5 cm³/mol. The Morgan fingerprint density at radius 3 is 2.42 bits per heavy atom. The van der Waals surface area contributed by atoms with Gasteiger partial charge in [-0.3, -0.25) is 4.79 Å². The van der Waals surface area contributed by atoms with E-state index in [-0.39, 0.29) is 11.3 Å². The maximum absolute atomic E-state index is 12.2. The number of carbonyl (C=O) groups excluding carboxylic acids is 1. The first-order valence-corrected chi connectivity index (χ1v) is 8.01. The van der Waals surface area contributed by atoms with Crippen molar-refractivity contribution in [2.24, 2.45) is 0 Å². The summed E-state index contributed by atoms with van der Waals surface area (Å²) < 4.78 is 5.67. The first-order valence-electron chi connectivity index (χ1n) is 7.63. The van der Waals surface area contributed by atoms with Crippen LogP contribution in [0.25, 0.3) is 17.4 Å². The van der Waals surface area contributed by atoms with Crippen molar-refractivity contribution in [2.45, 2.75) is 0 Å². The molecule has 3 rings (SSSR count). The molecule has 0 spiro atoms. The summed E-state index contributed by atoms with van der Waals surface area (Å²) in [5.74, 6) is 0.503. The van der Waals surface area contributed by atoms with Crippen molar-refractivity contribution in [3.63, 3.8) is 0 Å². The van der Waals surface area contributed by atoms with Gasteiger partial charge < -0.3 is 14.8 Å². The normalized spacial score (nSPS) is 11.0. The molecular weight excluding hydrogens is 352 g/mol. The molecule has 6 heteroatoms. The van der Waals surface area contributed by atoms with Gasteiger partial charge in [-0.1, -0.05) is 11.6 Å². The van der Waals surface area contributed by atoms with Gasteiger partial charge >= 0.3 is 0 Å². The number of carbonyl (C=O) groups is 1. The number of nitrogens with one attached hydrogen (secondary N) is 1. The number of phenols is 1. The molecular formula is C20H13ClN2O3. The van der Waals surface area contributed by atoms with E-state index in [2.05, 4.69) is 5.32 Å². The number of furan rings is 1. The Morgan fingerprint density at radius 2 is 1.77 bits per heavy atom. The second kappa shape index (κ2) is 7.60. The number of hydrogen-bond donors (Lipinski definition) is 2. The zero-order chi connectivity index (χ0) is 18.5. The lowest BCUT2D eigenvalue weighted by molar-refractivity contribution is -0.112. The summed E-state index contributed by atoms with van der Waals surface area (Å²) in [5.41, 5.74) is 1.20. The lowest BCUT2D eigenvalue weighted by Crippen LogP contribution is -2.13. The van der Waals surface area contributed by atoms with Gasteiger partial charge in [-0.15, -0.1) is 0 Å². The standard InChI is InChI=1S/C20H13ClN2O3/c21-15-3-1-13(2-4-15)19-10-9-18(26-19)11-14(12-22)20(25)23-16-5-7-17(24)8-6-16/h1-11,24H,(H,23,25)/b14-11+. The van der Waals surface area contributed by atoms with E-state index in [0.29, 0.717) is 22.2 Å². The Kier molecular flexibility index (Phi) is 5.07. The monoisotopic (exact) mass is 364 g/mol. The van der Waals surface area contributed by atoms with Gasteiger partial charge in [-0.25, -0.2) is 0 Å². The molecule has 0 fully saturated rings. The predicted octanol–water partition coefficient (Wildman–Crippen LogP) is 4.85. The minimum atomic E-state index is -0.567. The fourth-order valence-corrected chi connectivity index (χ4v) is 2.36. The maximum Gasteiger partial charge on any atom is 0.266 e. The van der Waals surface area contributed by atoms with E-state index >= 15 is 0 Å². The molecule has 128 valence electrons. The number of hydrogen-bond acceptors (Lipinski definition) is 4. The summed E-state index contributed by atoms with van der Waals surface area (Å²) in [5, 5.41) is 21.7. The molecule has 0 aliphatic heterocycles. The SMILES string of the molecule is N#C/C(=C\c1ccc(-c2ccc(Cl)cc2)o1)C(=O)Nc1ccc(O)cc1. The maximum atomic E-state index is 12.2. The topological polar surface area (TPSA) is 86.3 Å². The van der Waals surface area contributed by atoms with Crippen molar-refractivity contribution in [2.75, 3.05) is 5.32 Å². The second-order valence-corrected chi connectivity index (χ2v) is 5.82. The van der Waals surface area contributed by atoms with Gasteiger partial charge in [0, 0.05) is 22.3 Å². The highest BCUT2D eigenvalue weighted by molar-refractivity contribution is 6.30. The molecule has 0 atom stereocenters. The Balaban J connectivity index is 1.78. The Bertz CT molecular complexity index is 997. The second-order valence-electron chi connectivity index (χ2n) is 5.38. The molecule has 1 heterocycles. The highest BCUT2D eigenvalue weighted by Crippen LogP contribution is 2.25. The minimum absolute atomic E-state index is 0.0874. The van der Waals surface area contributed by atoms with Crippen LogP contribution in [0.1, 0.15) is 5.76 Å². The van der Waals surface area contributed by atoms with Gasteiger partial charge in [0.05, 0.1) is 0 Å².